The standard InChI is InChI=1S/C16H24ClNO2S/c1-3-6-15-7-4-5-10-18(15)21(19,20)16-9-8-13(2)14(11-16)12-17/h8-9,11,15H,3-7,10,12H2,1-2H3. The van der Waals surface area contributed by atoms with Gasteiger partial charge < -0.3 is 0 Å². The molecule has 0 aromatic heterocycles. The van der Waals surface area contributed by atoms with Crippen LogP contribution in [-0.2, 0) is 15.9 Å². The molecule has 1 aromatic rings. The number of sulfonamides is 1. The minimum absolute atomic E-state index is 0.148. The molecule has 3 nitrogen and oxygen atoms in total. The largest absolute Gasteiger partial charge is 0.243 e. The van der Waals surface area contributed by atoms with E-state index in [2.05, 4.69) is 6.92 Å². The lowest BCUT2D eigenvalue weighted by atomic mass is 10.0. The Balaban J connectivity index is 2.35. The van der Waals surface area contributed by atoms with Crippen molar-refractivity contribution in [1.29, 1.82) is 0 Å². The summed E-state index contributed by atoms with van der Waals surface area (Å²) in [6, 6.07) is 5.44. The monoisotopic (exact) mass is 329 g/mol. The predicted molar refractivity (Wildman–Crippen MR) is 87.2 cm³/mol. The fourth-order valence-corrected chi connectivity index (χ4v) is 5.06. The predicted octanol–water partition coefficient (Wildman–Crippen LogP) is 4.08. The summed E-state index contributed by atoms with van der Waals surface area (Å²) >= 11 is 5.91. The van der Waals surface area contributed by atoms with Crippen molar-refractivity contribution >= 4 is 21.6 Å². The van der Waals surface area contributed by atoms with Gasteiger partial charge in [0.15, 0.2) is 0 Å². The molecule has 0 aliphatic carbocycles. The number of hydrogen-bond acceptors (Lipinski definition) is 2. The lowest BCUT2D eigenvalue weighted by Crippen LogP contribution is -2.43. The van der Waals surface area contributed by atoms with Crippen molar-refractivity contribution in [2.24, 2.45) is 0 Å². The van der Waals surface area contributed by atoms with Gasteiger partial charge in [0.05, 0.1) is 4.90 Å². The summed E-state index contributed by atoms with van der Waals surface area (Å²) in [6.45, 7) is 4.70. The van der Waals surface area contributed by atoms with Crippen LogP contribution in [0.2, 0.25) is 0 Å². The molecule has 5 heteroatoms. The molecule has 1 heterocycles. The second-order valence-electron chi connectivity index (χ2n) is 5.78. The quantitative estimate of drug-likeness (QED) is 0.763. The molecule has 0 radical (unpaired) electrons. The molecule has 1 unspecified atom stereocenters. The number of rotatable bonds is 5. The van der Waals surface area contributed by atoms with E-state index >= 15 is 0 Å². The molecule has 118 valence electrons. The first-order chi connectivity index (χ1) is 10.0. The van der Waals surface area contributed by atoms with E-state index in [1.165, 1.54) is 0 Å². The van der Waals surface area contributed by atoms with Crippen LogP contribution in [0.15, 0.2) is 23.1 Å². The van der Waals surface area contributed by atoms with Crippen LogP contribution in [0.1, 0.15) is 50.2 Å². The highest BCUT2D eigenvalue weighted by Gasteiger charge is 2.33. The molecular formula is C16H24ClNO2S. The molecule has 0 saturated carbocycles. The molecule has 1 fully saturated rings. The lowest BCUT2D eigenvalue weighted by Gasteiger charge is -2.34. The van der Waals surface area contributed by atoms with Gasteiger partial charge in [0.25, 0.3) is 0 Å². The van der Waals surface area contributed by atoms with Crippen molar-refractivity contribution < 1.29 is 8.42 Å². The average molecular weight is 330 g/mol. The molecule has 0 N–H and O–H groups in total. The van der Waals surface area contributed by atoms with Gasteiger partial charge in [-0.05, 0) is 49.4 Å². The zero-order valence-corrected chi connectivity index (χ0v) is 14.4. The van der Waals surface area contributed by atoms with Gasteiger partial charge in [0, 0.05) is 18.5 Å². The second-order valence-corrected chi connectivity index (χ2v) is 7.93. The number of halogens is 1. The van der Waals surface area contributed by atoms with E-state index in [-0.39, 0.29) is 6.04 Å². The van der Waals surface area contributed by atoms with Crippen molar-refractivity contribution in [3.05, 3.63) is 29.3 Å². The van der Waals surface area contributed by atoms with Gasteiger partial charge >= 0.3 is 0 Å². The van der Waals surface area contributed by atoms with Crippen LogP contribution >= 0.6 is 11.6 Å². The van der Waals surface area contributed by atoms with Crippen molar-refractivity contribution in [3.63, 3.8) is 0 Å². The molecule has 1 aliphatic heterocycles. The first-order valence-corrected chi connectivity index (χ1v) is 9.65. The van der Waals surface area contributed by atoms with E-state index < -0.39 is 10.0 Å². The van der Waals surface area contributed by atoms with Crippen LogP contribution in [0.3, 0.4) is 0 Å². The molecule has 1 aliphatic rings. The minimum atomic E-state index is -3.41. The van der Waals surface area contributed by atoms with Gasteiger partial charge in [-0.3, -0.25) is 0 Å². The highest BCUT2D eigenvalue weighted by molar-refractivity contribution is 7.89. The minimum Gasteiger partial charge on any atom is -0.207 e. The van der Waals surface area contributed by atoms with Gasteiger partial charge in [-0.2, -0.15) is 4.31 Å². The summed E-state index contributed by atoms with van der Waals surface area (Å²) in [7, 11) is -3.41. The Morgan fingerprint density at radius 3 is 2.76 bits per heavy atom. The molecule has 1 aromatic carbocycles. The van der Waals surface area contributed by atoms with Crippen LogP contribution in [0.25, 0.3) is 0 Å². The summed E-state index contributed by atoms with van der Waals surface area (Å²) in [4.78, 5) is 0.381. The van der Waals surface area contributed by atoms with E-state index in [1.54, 1.807) is 16.4 Å². The number of benzene rings is 1. The Morgan fingerprint density at radius 1 is 1.33 bits per heavy atom. The number of piperidine rings is 1. The maximum Gasteiger partial charge on any atom is 0.243 e. The zero-order valence-electron chi connectivity index (χ0n) is 12.8. The Kier molecular flexibility index (Phi) is 5.69. The smallest absolute Gasteiger partial charge is 0.207 e. The van der Waals surface area contributed by atoms with Crippen LogP contribution in [-0.4, -0.2) is 25.3 Å². The van der Waals surface area contributed by atoms with E-state index in [4.69, 9.17) is 11.6 Å². The van der Waals surface area contributed by atoms with Crippen molar-refractivity contribution in [1.82, 2.24) is 4.31 Å². The third kappa shape index (κ3) is 3.61. The summed E-state index contributed by atoms with van der Waals surface area (Å²) in [5.74, 6) is 0.341. The Morgan fingerprint density at radius 2 is 2.10 bits per heavy atom. The third-order valence-electron chi connectivity index (χ3n) is 4.27. The summed E-state index contributed by atoms with van der Waals surface area (Å²) in [6.07, 6.45) is 5.00. The summed E-state index contributed by atoms with van der Waals surface area (Å²) in [5, 5.41) is 0. The Labute approximate surface area is 133 Å². The van der Waals surface area contributed by atoms with Crippen LogP contribution < -0.4 is 0 Å². The van der Waals surface area contributed by atoms with Crippen LogP contribution in [0, 0.1) is 6.92 Å². The number of hydrogen-bond donors (Lipinski definition) is 0. The number of alkyl halides is 1. The Hall–Kier alpha value is -0.580. The third-order valence-corrected chi connectivity index (χ3v) is 6.50. The van der Waals surface area contributed by atoms with Crippen LogP contribution in [0.5, 0.6) is 0 Å². The molecule has 0 bridgehead atoms. The van der Waals surface area contributed by atoms with Gasteiger partial charge in [-0.15, -0.1) is 11.6 Å². The van der Waals surface area contributed by atoms with Gasteiger partial charge in [-0.1, -0.05) is 25.8 Å². The fraction of sp³-hybridized carbons (Fsp3) is 0.625. The van der Waals surface area contributed by atoms with E-state index in [0.29, 0.717) is 17.3 Å². The zero-order chi connectivity index (χ0) is 15.5. The topological polar surface area (TPSA) is 37.4 Å². The number of nitrogens with zero attached hydrogens (tertiary/aromatic N) is 1. The highest BCUT2D eigenvalue weighted by Crippen LogP contribution is 2.28. The molecule has 1 atom stereocenters. The molecular weight excluding hydrogens is 306 g/mol. The lowest BCUT2D eigenvalue weighted by molar-refractivity contribution is 0.239. The maximum absolute atomic E-state index is 12.9. The van der Waals surface area contributed by atoms with Crippen molar-refractivity contribution in [3.8, 4) is 0 Å². The van der Waals surface area contributed by atoms with Crippen molar-refractivity contribution in [2.45, 2.75) is 62.8 Å². The van der Waals surface area contributed by atoms with Crippen LogP contribution in [0.4, 0.5) is 0 Å². The van der Waals surface area contributed by atoms with Gasteiger partial charge in [0.2, 0.25) is 10.0 Å². The summed E-state index contributed by atoms with van der Waals surface area (Å²) in [5.41, 5.74) is 1.93. The molecule has 0 spiro atoms. The van der Waals surface area contributed by atoms with E-state index in [1.807, 2.05) is 13.0 Å². The van der Waals surface area contributed by atoms with Gasteiger partial charge in [0.1, 0.15) is 0 Å². The first-order valence-electron chi connectivity index (χ1n) is 7.68. The fourth-order valence-electron chi connectivity index (χ4n) is 3.00. The Bertz CT molecular complexity index is 584. The van der Waals surface area contributed by atoms with E-state index in [0.717, 1.165) is 43.2 Å². The SMILES string of the molecule is CCCC1CCCCN1S(=O)(=O)c1ccc(C)c(CCl)c1. The van der Waals surface area contributed by atoms with Gasteiger partial charge in [-0.25, -0.2) is 8.42 Å². The molecule has 1 saturated heterocycles. The average Bonchev–Trinajstić information content (AvgIpc) is 2.48. The maximum atomic E-state index is 12.9. The molecule has 21 heavy (non-hydrogen) atoms. The van der Waals surface area contributed by atoms with E-state index in [9.17, 15) is 8.42 Å². The highest BCUT2D eigenvalue weighted by atomic mass is 35.5. The molecule has 2 rings (SSSR count). The first kappa shape index (κ1) is 16.8. The normalized spacial score (nSPS) is 20.6. The summed E-state index contributed by atoms with van der Waals surface area (Å²) < 4.78 is 27.6. The number of aryl methyl sites for hydroxylation is 1. The molecule has 0 amide bonds. The van der Waals surface area contributed by atoms with Crippen molar-refractivity contribution in [2.75, 3.05) is 6.54 Å². The second kappa shape index (κ2) is 7.12.